The van der Waals surface area contributed by atoms with Crippen LogP contribution in [0.1, 0.15) is 59.1 Å². The third kappa shape index (κ3) is 5.42. The summed E-state index contributed by atoms with van der Waals surface area (Å²) in [6.07, 6.45) is 4.45. The summed E-state index contributed by atoms with van der Waals surface area (Å²) < 4.78 is 0. The van der Waals surface area contributed by atoms with Crippen molar-refractivity contribution in [3.8, 4) is 0 Å². The second kappa shape index (κ2) is 10.2. The van der Waals surface area contributed by atoms with Crippen molar-refractivity contribution < 1.29 is 16.5 Å². The second-order valence-corrected chi connectivity index (χ2v) is 7.82. The number of hydrogen-bond donors (Lipinski definition) is 0. The standard InChI is InChI=1S/C24H30N2.CH3.Ni/c1-15-11-17(3)23(18(4)12-15)25-21-9-7-8-10-22(21)26-24-19(5)13-16(2)14-20(24)6;;/h11-14H,7-10H2,1-6H3;1H3;/q;-1;. The van der Waals surface area contributed by atoms with E-state index in [0.717, 1.165) is 24.2 Å². The first-order valence-electron chi connectivity index (χ1n) is 9.66. The molecule has 2 aromatic carbocycles. The molecular formula is C25H33N2Ni-. The van der Waals surface area contributed by atoms with Gasteiger partial charge in [-0.05, 0) is 89.5 Å². The van der Waals surface area contributed by atoms with Crippen molar-refractivity contribution in [3.63, 3.8) is 0 Å². The van der Waals surface area contributed by atoms with Gasteiger partial charge in [0.2, 0.25) is 0 Å². The molecule has 2 aromatic rings. The summed E-state index contributed by atoms with van der Waals surface area (Å²) in [7, 11) is 0. The van der Waals surface area contributed by atoms with Crippen molar-refractivity contribution in [3.05, 3.63) is 65.1 Å². The minimum absolute atomic E-state index is 0. The number of aliphatic imine (C=N–C) groups is 2. The molecule has 0 radical (unpaired) electrons. The number of aryl methyl sites for hydroxylation is 6. The van der Waals surface area contributed by atoms with Crippen molar-refractivity contribution in [2.75, 3.05) is 0 Å². The van der Waals surface area contributed by atoms with Crippen LogP contribution in [0.25, 0.3) is 0 Å². The van der Waals surface area contributed by atoms with Crippen molar-refractivity contribution in [2.24, 2.45) is 9.98 Å². The van der Waals surface area contributed by atoms with Crippen LogP contribution >= 0.6 is 0 Å². The summed E-state index contributed by atoms with van der Waals surface area (Å²) in [4.78, 5) is 10.2. The largest absolute Gasteiger partial charge is 0.358 e. The zero-order valence-electron chi connectivity index (χ0n) is 18.3. The number of rotatable bonds is 2. The molecule has 0 saturated heterocycles. The van der Waals surface area contributed by atoms with E-state index in [4.69, 9.17) is 9.98 Å². The van der Waals surface area contributed by atoms with Gasteiger partial charge >= 0.3 is 0 Å². The van der Waals surface area contributed by atoms with Gasteiger partial charge in [-0.15, -0.1) is 0 Å². The molecule has 0 atom stereocenters. The quantitative estimate of drug-likeness (QED) is 0.357. The van der Waals surface area contributed by atoms with Gasteiger partial charge in [0.25, 0.3) is 0 Å². The summed E-state index contributed by atoms with van der Waals surface area (Å²) >= 11 is 0. The molecule has 1 saturated carbocycles. The Morgan fingerprint density at radius 2 is 0.857 bits per heavy atom. The molecule has 2 nitrogen and oxygen atoms in total. The minimum atomic E-state index is 0. The fraction of sp³-hybridized carbons (Fsp3) is 0.400. The third-order valence-corrected chi connectivity index (χ3v) is 5.17. The molecule has 3 heteroatoms. The number of nitrogens with zero attached hydrogens (tertiary/aromatic N) is 2. The van der Waals surface area contributed by atoms with Gasteiger partial charge in [-0.1, -0.05) is 35.4 Å². The van der Waals surface area contributed by atoms with E-state index in [9.17, 15) is 0 Å². The molecule has 1 aliphatic rings. The van der Waals surface area contributed by atoms with Crippen molar-refractivity contribution >= 4 is 22.8 Å². The first kappa shape index (κ1) is 24.3. The number of hydrogen-bond acceptors (Lipinski definition) is 2. The fourth-order valence-electron chi connectivity index (χ4n) is 4.08. The third-order valence-electron chi connectivity index (χ3n) is 5.17. The topological polar surface area (TPSA) is 24.7 Å². The molecule has 0 aromatic heterocycles. The molecule has 0 bridgehead atoms. The van der Waals surface area contributed by atoms with E-state index in [-0.39, 0.29) is 23.9 Å². The number of benzene rings is 2. The molecule has 0 aliphatic heterocycles. The maximum absolute atomic E-state index is 5.10. The zero-order chi connectivity index (χ0) is 18.8. The van der Waals surface area contributed by atoms with E-state index < -0.39 is 0 Å². The maximum atomic E-state index is 5.10. The van der Waals surface area contributed by atoms with Crippen LogP contribution in [0.5, 0.6) is 0 Å². The van der Waals surface area contributed by atoms with Gasteiger partial charge in [0.15, 0.2) is 0 Å². The van der Waals surface area contributed by atoms with Crippen LogP contribution in [-0.2, 0) is 16.5 Å². The molecular weight excluding hydrogens is 387 g/mol. The zero-order valence-corrected chi connectivity index (χ0v) is 19.3. The molecule has 28 heavy (non-hydrogen) atoms. The van der Waals surface area contributed by atoms with Gasteiger partial charge in [-0.25, -0.2) is 0 Å². The van der Waals surface area contributed by atoms with Gasteiger partial charge in [-0.2, -0.15) is 0 Å². The summed E-state index contributed by atoms with van der Waals surface area (Å²) in [5, 5.41) is 0. The van der Waals surface area contributed by atoms with E-state index >= 15 is 0 Å². The Morgan fingerprint density at radius 3 is 1.14 bits per heavy atom. The molecule has 1 aliphatic carbocycles. The molecule has 154 valence electrons. The first-order valence-corrected chi connectivity index (χ1v) is 9.66. The van der Waals surface area contributed by atoms with Gasteiger partial charge < -0.3 is 7.43 Å². The molecule has 0 spiro atoms. The van der Waals surface area contributed by atoms with E-state index in [1.165, 1.54) is 57.6 Å². The van der Waals surface area contributed by atoms with E-state index in [0.29, 0.717) is 0 Å². The summed E-state index contributed by atoms with van der Waals surface area (Å²) in [5.41, 5.74) is 12.2. The molecule has 3 rings (SSSR count). The Labute approximate surface area is 181 Å². The van der Waals surface area contributed by atoms with Crippen LogP contribution in [-0.4, -0.2) is 11.4 Å². The molecule has 0 unspecified atom stereocenters. The predicted molar refractivity (Wildman–Crippen MR) is 120 cm³/mol. The smallest absolute Gasteiger partial charge is 0.0692 e. The molecule has 1 fully saturated rings. The van der Waals surface area contributed by atoms with Crippen molar-refractivity contribution in [1.29, 1.82) is 0 Å². The fourth-order valence-corrected chi connectivity index (χ4v) is 4.08. The van der Waals surface area contributed by atoms with Crippen LogP contribution in [0, 0.1) is 49.0 Å². The van der Waals surface area contributed by atoms with E-state index in [1.807, 2.05) is 0 Å². The van der Waals surface area contributed by atoms with Crippen LogP contribution < -0.4 is 0 Å². The van der Waals surface area contributed by atoms with Crippen LogP contribution in [0.4, 0.5) is 11.4 Å². The Morgan fingerprint density at radius 1 is 0.571 bits per heavy atom. The second-order valence-electron chi connectivity index (χ2n) is 7.82. The van der Waals surface area contributed by atoms with Crippen molar-refractivity contribution in [2.45, 2.75) is 67.2 Å². The van der Waals surface area contributed by atoms with Crippen molar-refractivity contribution in [1.82, 2.24) is 0 Å². The summed E-state index contributed by atoms with van der Waals surface area (Å²) in [6, 6.07) is 8.89. The molecule has 0 N–H and O–H groups in total. The molecule has 0 amide bonds. The average molecular weight is 420 g/mol. The Kier molecular flexibility index (Phi) is 8.83. The van der Waals surface area contributed by atoms with Crippen LogP contribution in [0.3, 0.4) is 0 Å². The normalized spacial score (nSPS) is 16.6. The SMILES string of the molecule is Cc1cc(C)c(N=C2CCCCC2=Nc2c(C)cc(C)cc2C)c(C)c1.[CH3-].[Ni]. The molecule has 0 heterocycles. The average Bonchev–Trinajstić information content (AvgIpc) is 2.55. The van der Waals surface area contributed by atoms with Crippen LogP contribution in [0.15, 0.2) is 34.3 Å². The van der Waals surface area contributed by atoms with Gasteiger partial charge in [0.05, 0.1) is 22.8 Å². The Hall–Kier alpha value is -1.73. The summed E-state index contributed by atoms with van der Waals surface area (Å²) in [6.45, 7) is 12.9. The van der Waals surface area contributed by atoms with Gasteiger partial charge in [-0.3, -0.25) is 9.98 Å². The van der Waals surface area contributed by atoms with Gasteiger partial charge in [0, 0.05) is 16.5 Å². The minimum Gasteiger partial charge on any atom is -0.358 e. The Bertz CT molecular complexity index is 785. The van der Waals surface area contributed by atoms with Crippen LogP contribution in [0.2, 0.25) is 0 Å². The first-order chi connectivity index (χ1) is 12.3. The summed E-state index contributed by atoms with van der Waals surface area (Å²) in [5.74, 6) is 0. The monoisotopic (exact) mass is 419 g/mol. The Balaban J connectivity index is 0.00000196. The van der Waals surface area contributed by atoms with E-state index in [1.54, 1.807) is 0 Å². The van der Waals surface area contributed by atoms with E-state index in [2.05, 4.69) is 65.8 Å². The maximum Gasteiger partial charge on any atom is 0.0692 e. The predicted octanol–water partition coefficient (Wildman–Crippen LogP) is 7.40. The van der Waals surface area contributed by atoms with Gasteiger partial charge in [0.1, 0.15) is 0 Å².